The molecular formula is C20H20N2O4. The van der Waals surface area contributed by atoms with E-state index in [0.717, 1.165) is 11.3 Å². The van der Waals surface area contributed by atoms with Crippen LogP contribution in [0, 0.1) is 0 Å². The highest BCUT2D eigenvalue weighted by Crippen LogP contribution is 2.35. The predicted octanol–water partition coefficient (Wildman–Crippen LogP) is 3.46. The molecule has 0 radical (unpaired) electrons. The molecule has 2 aromatic rings. The van der Waals surface area contributed by atoms with Crippen molar-refractivity contribution in [3.63, 3.8) is 0 Å². The number of anilines is 2. The monoisotopic (exact) mass is 352 g/mol. The standard InChI is InChI=1S/C20H20N2O4/c1-20(2)19(24)22-16-12-14(7-10-17(16)26-20)21-18(23)11-6-13-4-8-15(25-3)9-5-13/h4-12H,1-3H3,(H,21,23)(H,22,24)/b11-6+. The minimum atomic E-state index is -0.918. The van der Waals surface area contributed by atoms with Crippen LogP contribution in [0.15, 0.2) is 48.5 Å². The quantitative estimate of drug-likeness (QED) is 0.826. The zero-order chi connectivity index (χ0) is 18.7. The second-order valence-electron chi connectivity index (χ2n) is 6.37. The average Bonchev–Trinajstić information content (AvgIpc) is 2.61. The second kappa shape index (κ2) is 6.92. The van der Waals surface area contributed by atoms with Crippen LogP contribution in [0.25, 0.3) is 6.08 Å². The molecule has 3 rings (SSSR count). The Bertz CT molecular complexity index is 870. The fourth-order valence-electron chi connectivity index (χ4n) is 2.46. The van der Waals surface area contributed by atoms with Crippen LogP contribution in [0.2, 0.25) is 0 Å². The van der Waals surface area contributed by atoms with E-state index in [1.807, 2.05) is 24.3 Å². The number of rotatable bonds is 4. The molecule has 0 aromatic heterocycles. The lowest BCUT2D eigenvalue weighted by Gasteiger charge is -2.31. The van der Waals surface area contributed by atoms with Crippen molar-refractivity contribution in [2.75, 3.05) is 17.7 Å². The van der Waals surface area contributed by atoms with Crippen LogP contribution in [0.5, 0.6) is 11.5 Å². The molecule has 6 nitrogen and oxygen atoms in total. The molecule has 2 aromatic carbocycles. The Balaban J connectivity index is 1.67. The number of amides is 2. The number of fused-ring (bicyclic) bond motifs is 1. The van der Waals surface area contributed by atoms with Crippen LogP contribution >= 0.6 is 0 Å². The van der Waals surface area contributed by atoms with E-state index in [2.05, 4.69) is 10.6 Å². The van der Waals surface area contributed by atoms with Gasteiger partial charge in [-0.15, -0.1) is 0 Å². The summed E-state index contributed by atoms with van der Waals surface area (Å²) in [4.78, 5) is 24.1. The number of nitrogens with one attached hydrogen (secondary N) is 2. The Kier molecular flexibility index (Phi) is 4.67. The zero-order valence-electron chi connectivity index (χ0n) is 14.8. The van der Waals surface area contributed by atoms with Crippen molar-refractivity contribution in [1.29, 1.82) is 0 Å². The maximum Gasteiger partial charge on any atom is 0.268 e. The maximum absolute atomic E-state index is 12.1. The lowest BCUT2D eigenvalue weighted by Crippen LogP contribution is -2.45. The Labute approximate surface area is 151 Å². The fourth-order valence-corrected chi connectivity index (χ4v) is 2.46. The van der Waals surface area contributed by atoms with Crippen molar-refractivity contribution in [2.24, 2.45) is 0 Å². The molecule has 1 aliphatic rings. The molecule has 1 aliphatic heterocycles. The van der Waals surface area contributed by atoms with Crippen molar-refractivity contribution in [3.05, 3.63) is 54.1 Å². The number of carbonyl (C=O) groups is 2. The Morgan fingerprint density at radius 1 is 1.19 bits per heavy atom. The smallest absolute Gasteiger partial charge is 0.268 e. The summed E-state index contributed by atoms with van der Waals surface area (Å²) >= 11 is 0. The molecule has 0 atom stereocenters. The number of hydrogen-bond donors (Lipinski definition) is 2. The third kappa shape index (κ3) is 3.85. The molecule has 0 aliphatic carbocycles. The second-order valence-corrected chi connectivity index (χ2v) is 6.37. The highest BCUT2D eigenvalue weighted by atomic mass is 16.5. The molecule has 6 heteroatoms. The summed E-state index contributed by atoms with van der Waals surface area (Å²) in [5, 5.41) is 5.55. The van der Waals surface area contributed by atoms with E-state index in [9.17, 15) is 9.59 Å². The minimum Gasteiger partial charge on any atom is -0.497 e. The molecule has 26 heavy (non-hydrogen) atoms. The summed E-state index contributed by atoms with van der Waals surface area (Å²) in [6.07, 6.45) is 3.15. The van der Waals surface area contributed by atoms with E-state index in [-0.39, 0.29) is 11.8 Å². The third-order valence-electron chi connectivity index (χ3n) is 3.95. The first kappa shape index (κ1) is 17.5. The number of hydrogen-bond acceptors (Lipinski definition) is 4. The van der Waals surface area contributed by atoms with Gasteiger partial charge in [0, 0.05) is 11.8 Å². The van der Waals surface area contributed by atoms with Gasteiger partial charge in [0.05, 0.1) is 12.8 Å². The third-order valence-corrected chi connectivity index (χ3v) is 3.95. The van der Waals surface area contributed by atoms with E-state index in [0.29, 0.717) is 17.1 Å². The minimum absolute atomic E-state index is 0.229. The summed E-state index contributed by atoms with van der Waals surface area (Å²) in [6.45, 7) is 3.40. The summed E-state index contributed by atoms with van der Waals surface area (Å²) in [5.74, 6) is 0.825. The van der Waals surface area contributed by atoms with Gasteiger partial charge in [-0.25, -0.2) is 0 Å². The van der Waals surface area contributed by atoms with Crippen LogP contribution in [-0.4, -0.2) is 24.5 Å². The number of ether oxygens (including phenoxy) is 2. The molecule has 0 spiro atoms. The maximum atomic E-state index is 12.1. The van der Waals surface area contributed by atoms with E-state index in [4.69, 9.17) is 9.47 Å². The first-order valence-electron chi connectivity index (χ1n) is 8.15. The molecule has 0 fully saturated rings. The van der Waals surface area contributed by atoms with Gasteiger partial charge in [0.15, 0.2) is 5.60 Å². The van der Waals surface area contributed by atoms with Gasteiger partial charge >= 0.3 is 0 Å². The van der Waals surface area contributed by atoms with Crippen molar-refractivity contribution in [2.45, 2.75) is 19.4 Å². The van der Waals surface area contributed by atoms with Crippen LogP contribution in [0.3, 0.4) is 0 Å². The first-order valence-corrected chi connectivity index (χ1v) is 8.15. The van der Waals surface area contributed by atoms with Crippen molar-refractivity contribution in [1.82, 2.24) is 0 Å². The van der Waals surface area contributed by atoms with E-state index >= 15 is 0 Å². The molecule has 2 amide bonds. The predicted molar refractivity (Wildman–Crippen MR) is 100 cm³/mol. The Morgan fingerprint density at radius 3 is 2.62 bits per heavy atom. The Morgan fingerprint density at radius 2 is 1.92 bits per heavy atom. The molecule has 134 valence electrons. The molecule has 0 saturated heterocycles. The summed E-state index contributed by atoms with van der Waals surface area (Å²) in [6, 6.07) is 12.5. The van der Waals surface area contributed by atoms with Gasteiger partial charge in [-0.3, -0.25) is 9.59 Å². The average molecular weight is 352 g/mol. The van der Waals surface area contributed by atoms with E-state index in [1.54, 1.807) is 45.2 Å². The molecule has 2 N–H and O–H groups in total. The normalized spacial score (nSPS) is 15.0. The van der Waals surface area contributed by atoms with Gasteiger partial charge in [-0.05, 0) is 55.8 Å². The van der Waals surface area contributed by atoms with E-state index < -0.39 is 5.60 Å². The van der Waals surface area contributed by atoms with Gasteiger partial charge in [0.1, 0.15) is 11.5 Å². The summed E-state index contributed by atoms with van der Waals surface area (Å²) in [5.41, 5.74) is 1.07. The number of benzene rings is 2. The van der Waals surface area contributed by atoms with Gasteiger partial charge in [-0.2, -0.15) is 0 Å². The van der Waals surface area contributed by atoms with Gasteiger partial charge in [0.2, 0.25) is 5.91 Å². The Hall–Kier alpha value is -3.28. The van der Waals surface area contributed by atoms with Crippen molar-refractivity contribution >= 4 is 29.3 Å². The molecule has 0 bridgehead atoms. The number of methoxy groups -OCH3 is 1. The SMILES string of the molecule is COc1ccc(/C=C/C(=O)Nc2ccc3c(c2)NC(=O)C(C)(C)O3)cc1. The zero-order valence-corrected chi connectivity index (χ0v) is 14.8. The largest absolute Gasteiger partial charge is 0.497 e. The summed E-state index contributed by atoms with van der Waals surface area (Å²) in [7, 11) is 1.60. The lowest BCUT2D eigenvalue weighted by molar-refractivity contribution is -0.129. The highest BCUT2D eigenvalue weighted by molar-refractivity contribution is 6.04. The van der Waals surface area contributed by atoms with E-state index in [1.165, 1.54) is 6.08 Å². The van der Waals surface area contributed by atoms with Crippen LogP contribution in [0.4, 0.5) is 11.4 Å². The summed E-state index contributed by atoms with van der Waals surface area (Å²) < 4.78 is 10.8. The molecular weight excluding hydrogens is 332 g/mol. The van der Waals surface area contributed by atoms with Gasteiger partial charge < -0.3 is 20.1 Å². The van der Waals surface area contributed by atoms with Crippen LogP contribution < -0.4 is 20.1 Å². The van der Waals surface area contributed by atoms with Crippen LogP contribution in [-0.2, 0) is 9.59 Å². The highest BCUT2D eigenvalue weighted by Gasteiger charge is 2.35. The topological polar surface area (TPSA) is 76.7 Å². The van der Waals surface area contributed by atoms with Crippen LogP contribution in [0.1, 0.15) is 19.4 Å². The number of carbonyl (C=O) groups excluding carboxylic acids is 2. The molecule has 0 saturated carbocycles. The lowest BCUT2D eigenvalue weighted by atomic mass is 10.1. The molecule has 0 unspecified atom stereocenters. The van der Waals surface area contributed by atoms with Crippen molar-refractivity contribution < 1.29 is 19.1 Å². The molecule has 1 heterocycles. The van der Waals surface area contributed by atoms with Gasteiger partial charge in [0.25, 0.3) is 5.91 Å². The first-order chi connectivity index (χ1) is 12.4. The van der Waals surface area contributed by atoms with Gasteiger partial charge in [-0.1, -0.05) is 12.1 Å². The fraction of sp³-hybridized carbons (Fsp3) is 0.200. The van der Waals surface area contributed by atoms with Crippen molar-refractivity contribution in [3.8, 4) is 11.5 Å².